The first-order valence-electron chi connectivity index (χ1n) is 7.33. The molecule has 0 spiro atoms. The average Bonchev–Trinajstić information content (AvgIpc) is 2.91. The standard InChI is InChI=1S/C16H13Cl2N3O3S/c1-7-8(2)20-21-16(15(7)24,6-13(22)23)5-12-19-11-4-9(17)3-10(18)14(11)25-12/h3-4H,5-6H2,1-2H3,(H,22,23). The molecule has 25 heavy (non-hydrogen) atoms. The van der Waals surface area contributed by atoms with Crippen molar-refractivity contribution in [2.24, 2.45) is 10.2 Å². The Morgan fingerprint density at radius 3 is 2.72 bits per heavy atom. The normalized spacial score (nSPS) is 20.6. The number of carboxylic acid groups (broad SMARTS) is 1. The molecule has 1 aliphatic heterocycles. The number of ketones is 1. The van der Waals surface area contributed by atoms with Crippen LogP contribution in [0.4, 0.5) is 0 Å². The van der Waals surface area contributed by atoms with Gasteiger partial charge in [0, 0.05) is 17.0 Å². The zero-order valence-electron chi connectivity index (χ0n) is 13.3. The molecule has 6 nitrogen and oxygen atoms in total. The summed E-state index contributed by atoms with van der Waals surface area (Å²) in [6.45, 7) is 3.29. The van der Waals surface area contributed by atoms with Gasteiger partial charge in [-0.05, 0) is 26.0 Å². The largest absolute Gasteiger partial charge is 0.481 e. The number of aromatic nitrogens is 1. The van der Waals surface area contributed by atoms with Gasteiger partial charge in [0.15, 0.2) is 11.3 Å². The van der Waals surface area contributed by atoms with Gasteiger partial charge in [-0.1, -0.05) is 23.2 Å². The number of azo groups is 1. The number of carbonyl (C=O) groups excluding carboxylic acids is 1. The molecule has 0 aliphatic carbocycles. The van der Waals surface area contributed by atoms with Gasteiger partial charge in [-0.2, -0.15) is 10.2 Å². The molecule has 2 aromatic rings. The lowest BCUT2D eigenvalue weighted by Gasteiger charge is -2.28. The summed E-state index contributed by atoms with van der Waals surface area (Å²) in [7, 11) is 0. The van der Waals surface area contributed by atoms with E-state index in [1.165, 1.54) is 11.3 Å². The maximum Gasteiger partial charge on any atom is 0.306 e. The van der Waals surface area contributed by atoms with Crippen LogP contribution in [-0.4, -0.2) is 27.4 Å². The molecule has 9 heteroatoms. The van der Waals surface area contributed by atoms with Gasteiger partial charge in [0.2, 0.25) is 0 Å². The van der Waals surface area contributed by atoms with Crippen molar-refractivity contribution in [2.45, 2.75) is 32.2 Å². The van der Waals surface area contributed by atoms with Crippen molar-refractivity contribution < 1.29 is 14.7 Å². The van der Waals surface area contributed by atoms with Crippen LogP contribution in [0.2, 0.25) is 10.0 Å². The van der Waals surface area contributed by atoms with Crippen LogP contribution in [0.5, 0.6) is 0 Å². The van der Waals surface area contributed by atoms with Gasteiger partial charge in [-0.15, -0.1) is 11.3 Å². The smallest absolute Gasteiger partial charge is 0.306 e. The molecule has 1 aromatic heterocycles. The molecule has 0 saturated carbocycles. The van der Waals surface area contributed by atoms with E-state index in [-0.39, 0.29) is 12.2 Å². The van der Waals surface area contributed by atoms with Crippen LogP contribution in [0.25, 0.3) is 10.2 Å². The molecule has 0 saturated heterocycles. The van der Waals surface area contributed by atoms with Crippen LogP contribution >= 0.6 is 34.5 Å². The summed E-state index contributed by atoms with van der Waals surface area (Å²) in [5.74, 6) is -1.47. The van der Waals surface area contributed by atoms with Crippen molar-refractivity contribution in [3.8, 4) is 0 Å². The zero-order chi connectivity index (χ0) is 18.4. The van der Waals surface area contributed by atoms with Gasteiger partial charge in [0.1, 0.15) is 0 Å². The van der Waals surface area contributed by atoms with E-state index in [9.17, 15) is 14.7 Å². The molecule has 0 radical (unpaired) electrons. The molecule has 1 unspecified atom stereocenters. The third-order valence-corrected chi connectivity index (χ3v) is 5.77. The number of hydrogen-bond donors (Lipinski definition) is 1. The summed E-state index contributed by atoms with van der Waals surface area (Å²) in [6.07, 6.45) is -0.413. The van der Waals surface area contributed by atoms with Crippen molar-refractivity contribution in [3.63, 3.8) is 0 Å². The monoisotopic (exact) mass is 397 g/mol. The number of fused-ring (bicyclic) bond motifs is 1. The fourth-order valence-corrected chi connectivity index (χ4v) is 4.33. The topological polar surface area (TPSA) is 92.0 Å². The fourth-order valence-electron chi connectivity index (χ4n) is 2.68. The summed E-state index contributed by atoms with van der Waals surface area (Å²) >= 11 is 13.5. The molecule has 1 aromatic carbocycles. The quantitative estimate of drug-likeness (QED) is 0.809. The van der Waals surface area contributed by atoms with Gasteiger partial charge in [-0.25, -0.2) is 4.98 Å². The highest BCUT2D eigenvalue weighted by Crippen LogP contribution is 2.37. The minimum atomic E-state index is -1.49. The van der Waals surface area contributed by atoms with Crippen LogP contribution in [0.15, 0.2) is 33.6 Å². The number of Topliss-reactive ketones (excluding diaryl/α,β-unsaturated/α-hetero) is 1. The number of carboxylic acids is 1. The minimum absolute atomic E-state index is 0.0412. The molecular formula is C16H13Cl2N3O3S. The average molecular weight is 398 g/mol. The van der Waals surface area contributed by atoms with Gasteiger partial charge < -0.3 is 5.11 Å². The Bertz CT molecular complexity index is 967. The summed E-state index contributed by atoms with van der Waals surface area (Å²) < 4.78 is 0.732. The third kappa shape index (κ3) is 3.31. The SMILES string of the molecule is CC1=C(C)C(=O)C(CC(=O)O)(Cc2nc3cc(Cl)cc(Cl)c3s2)N=N1. The second-order valence-electron chi connectivity index (χ2n) is 5.86. The lowest BCUT2D eigenvalue weighted by atomic mass is 9.83. The summed E-state index contributed by atoms with van der Waals surface area (Å²) in [5, 5.41) is 18.8. The van der Waals surface area contributed by atoms with E-state index in [0.29, 0.717) is 31.8 Å². The summed E-state index contributed by atoms with van der Waals surface area (Å²) in [5.41, 5.74) is 0.0229. The van der Waals surface area contributed by atoms with Gasteiger partial charge in [0.25, 0.3) is 0 Å². The van der Waals surface area contributed by atoms with Crippen molar-refractivity contribution in [1.29, 1.82) is 0 Å². The number of carbonyl (C=O) groups is 2. The molecule has 130 valence electrons. The maximum absolute atomic E-state index is 12.8. The van der Waals surface area contributed by atoms with Crippen molar-refractivity contribution in [3.05, 3.63) is 38.5 Å². The first-order valence-corrected chi connectivity index (χ1v) is 8.90. The van der Waals surface area contributed by atoms with E-state index in [4.69, 9.17) is 23.2 Å². The highest BCUT2D eigenvalue weighted by molar-refractivity contribution is 7.19. The number of nitrogens with zero attached hydrogens (tertiary/aromatic N) is 3. The number of rotatable bonds is 4. The molecule has 0 fully saturated rings. The number of allylic oxidation sites excluding steroid dienone is 1. The molecule has 1 N–H and O–H groups in total. The van der Waals surface area contributed by atoms with Crippen molar-refractivity contribution in [2.75, 3.05) is 0 Å². The van der Waals surface area contributed by atoms with Crippen molar-refractivity contribution >= 4 is 56.5 Å². The van der Waals surface area contributed by atoms with Crippen LogP contribution in [0.1, 0.15) is 25.3 Å². The summed E-state index contributed by atoms with van der Waals surface area (Å²) in [6, 6.07) is 3.29. The van der Waals surface area contributed by atoms with E-state index in [2.05, 4.69) is 15.2 Å². The van der Waals surface area contributed by atoms with Gasteiger partial charge in [-0.3, -0.25) is 9.59 Å². The Hall–Kier alpha value is -1.83. The highest BCUT2D eigenvalue weighted by Gasteiger charge is 2.45. The van der Waals surface area contributed by atoms with Crippen molar-refractivity contribution in [1.82, 2.24) is 4.98 Å². The zero-order valence-corrected chi connectivity index (χ0v) is 15.7. The first-order chi connectivity index (χ1) is 11.7. The number of halogens is 2. The second-order valence-corrected chi connectivity index (χ2v) is 7.79. The Labute approximate surface area is 157 Å². The highest BCUT2D eigenvalue weighted by atomic mass is 35.5. The van der Waals surface area contributed by atoms with E-state index < -0.39 is 17.9 Å². The van der Waals surface area contributed by atoms with Crippen LogP contribution < -0.4 is 0 Å². The third-order valence-electron chi connectivity index (χ3n) is 4.04. The Balaban J connectivity index is 2.05. The van der Waals surface area contributed by atoms with Crippen LogP contribution in [-0.2, 0) is 16.0 Å². The van der Waals surface area contributed by atoms with E-state index in [1.807, 2.05) is 0 Å². The fraction of sp³-hybridized carbons (Fsp3) is 0.312. The van der Waals surface area contributed by atoms with Crippen LogP contribution in [0, 0.1) is 0 Å². The van der Waals surface area contributed by atoms with Crippen LogP contribution in [0.3, 0.4) is 0 Å². The lowest BCUT2D eigenvalue weighted by Crippen LogP contribution is -2.43. The van der Waals surface area contributed by atoms with E-state index >= 15 is 0 Å². The predicted octanol–water partition coefficient (Wildman–Crippen LogP) is 4.69. The predicted molar refractivity (Wildman–Crippen MR) is 96.6 cm³/mol. The number of aliphatic carboxylic acids is 1. The molecule has 0 bridgehead atoms. The van der Waals surface area contributed by atoms with E-state index in [0.717, 1.165) is 4.70 Å². The minimum Gasteiger partial charge on any atom is -0.481 e. The molecular weight excluding hydrogens is 385 g/mol. The molecule has 0 amide bonds. The Morgan fingerprint density at radius 2 is 2.04 bits per heavy atom. The molecule has 1 aliphatic rings. The second kappa shape index (κ2) is 6.48. The molecule has 2 heterocycles. The number of hydrogen-bond acceptors (Lipinski definition) is 6. The Kier molecular flexibility index (Phi) is 4.66. The van der Waals surface area contributed by atoms with E-state index in [1.54, 1.807) is 26.0 Å². The maximum atomic E-state index is 12.8. The lowest BCUT2D eigenvalue weighted by molar-refractivity contribution is -0.140. The van der Waals surface area contributed by atoms with Gasteiger partial charge >= 0.3 is 5.97 Å². The Morgan fingerprint density at radius 1 is 1.32 bits per heavy atom. The van der Waals surface area contributed by atoms with Gasteiger partial charge in [0.05, 0.1) is 32.4 Å². The molecule has 1 atom stereocenters. The molecule has 3 rings (SSSR count). The first kappa shape index (κ1) is 18.0. The number of thiazole rings is 1. The summed E-state index contributed by atoms with van der Waals surface area (Å²) in [4.78, 5) is 28.6. The number of benzene rings is 1.